The van der Waals surface area contributed by atoms with Crippen LogP contribution in [0.1, 0.15) is 50.4 Å². The first-order valence-electron chi connectivity index (χ1n) is 7.84. The molecule has 120 valence electrons. The van der Waals surface area contributed by atoms with Crippen LogP contribution in [0.3, 0.4) is 0 Å². The first kappa shape index (κ1) is 17.0. The van der Waals surface area contributed by atoms with E-state index in [4.69, 9.17) is 11.6 Å². The topological polar surface area (TPSA) is 37.4 Å². The monoisotopic (exact) mass is 321 g/mol. The molecule has 0 aliphatic carbocycles. The van der Waals surface area contributed by atoms with E-state index < -0.39 is 0 Å². The van der Waals surface area contributed by atoms with Crippen molar-refractivity contribution in [3.8, 4) is 0 Å². The number of hydrogen-bond donors (Lipinski definition) is 0. The molecule has 3 nitrogen and oxygen atoms in total. The van der Waals surface area contributed by atoms with Crippen LogP contribution in [0, 0.1) is 11.3 Å². The van der Waals surface area contributed by atoms with Gasteiger partial charge in [-0.3, -0.25) is 9.59 Å². The van der Waals surface area contributed by atoms with Gasteiger partial charge in [-0.15, -0.1) is 0 Å². The summed E-state index contributed by atoms with van der Waals surface area (Å²) < 4.78 is 0. The number of Topliss-reactive ketones (excluding diaryl/α,β-unsaturated/α-hetero) is 1. The highest BCUT2D eigenvalue weighted by Crippen LogP contribution is 2.25. The Morgan fingerprint density at radius 1 is 1.14 bits per heavy atom. The fourth-order valence-corrected chi connectivity index (χ4v) is 2.93. The Balaban J connectivity index is 1.90. The molecule has 0 N–H and O–H groups in total. The second-order valence-electron chi connectivity index (χ2n) is 7.26. The van der Waals surface area contributed by atoms with E-state index in [0.717, 1.165) is 12.8 Å². The maximum atomic E-state index is 12.5. The van der Waals surface area contributed by atoms with Crippen molar-refractivity contribution in [2.45, 2.75) is 40.0 Å². The van der Waals surface area contributed by atoms with Gasteiger partial charge in [0, 0.05) is 36.0 Å². The first-order chi connectivity index (χ1) is 10.3. The number of likely N-dealkylation sites (tertiary alicyclic amines) is 1. The molecular formula is C18H24ClNO2. The van der Waals surface area contributed by atoms with Crippen molar-refractivity contribution in [1.29, 1.82) is 0 Å². The van der Waals surface area contributed by atoms with Crippen LogP contribution in [0.5, 0.6) is 0 Å². The fraction of sp³-hybridized carbons (Fsp3) is 0.556. The van der Waals surface area contributed by atoms with Gasteiger partial charge < -0.3 is 4.90 Å². The molecule has 1 saturated heterocycles. The third kappa shape index (κ3) is 4.57. The van der Waals surface area contributed by atoms with E-state index >= 15 is 0 Å². The van der Waals surface area contributed by atoms with E-state index in [2.05, 4.69) is 20.8 Å². The standard InChI is InChI=1S/C18H24ClNO2/c1-18(2,3)12-16(21)20-10-8-14(9-11-20)17(22)13-4-6-15(19)7-5-13/h4-7,14H,8-12H2,1-3H3. The molecule has 22 heavy (non-hydrogen) atoms. The second-order valence-corrected chi connectivity index (χ2v) is 7.70. The zero-order valence-corrected chi connectivity index (χ0v) is 14.3. The molecule has 0 spiro atoms. The van der Waals surface area contributed by atoms with Crippen molar-refractivity contribution in [3.05, 3.63) is 34.9 Å². The molecule has 1 aromatic carbocycles. The number of benzene rings is 1. The fourth-order valence-electron chi connectivity index (χ4n) is 2.81. The summed E-state index contributed by atoms with van der Waals surface area (Å²) in [7, 11) is 0. The summed E-state index contributed by atoms with van der Waals surface area (Å²) >= 11 is 5.85. The van der Waals surface area contributed by atoms with E-state index in [1.54, 1.807) is 24.3 Å². The number of carbonyl (C=O) groups is 2. The summed E-state index contributed by atoms with van der Waals surface area (Å²) in [6.07, 6.45) is 2.05. The van der Waals surface area contributed by atoms with Crippen LogP contribution >= 0.6 is 11.6 Å². The lowest BCUT2D eigenvalue weighted by Crippen LogP contribution is -2.41. The van der Waals surface area contributed by atoms with E-state index in [9.17, 15) is 9.59 Å². The third-order valence-electron chi connectivity index (χ3n) is 4.03. The number of piperidine rings is 1. The molecule has 0 saturated carbocycles. The highest BCUT2D eigenvalue weighted by atomic mass is 35.5. The lowest BCUT2D eigenvalue weighted by atomic mass is 9.87. The average molecular weight is 322 g/mol. The lowest BCUT2D eigenvalue weighted by molar-refractivity contribution is -0.134. The van der Waals surface area contributed by atoms with E-state index in [0.29, 0.717) is 30.1 Å². The minimum Gasteiger partial charge on any atom is -0.343 e. The van der Waals surface area contributed by atoms with Crippen LogP contribution in [0.15, 0.2) is 24.3 Å². The quantitative estimate of drug-likeness (QED) is 0.782. The molecule has 0 bridgehead atoms. The van der Waals surface area contributed by atoms with Gasteiger partial charge in [0.15, 0.2) is 5.78 Å². The maximum absolute atomic E-state index is 12.5. The van der Waals surface area contributed by atoms with Crippen molar-refractivity contribution in [1.82, 2.24) is 4.90 Å². The van der Waals surface area contributed by atoms with Crippen molar-refractivity contribution < 1.29 is 9.59 Å². The van der Waals surface area contributed by atoms with Crippen LogP contribution in [0.2, 0.25) is 5.02 Å². The van der Waals surface area contributed by atoms with E-state index in [1.165, 1.54) is 0 Å². The number of amides is 1. The molecule has 1 heterocycles. The Morgan fingerprint density at radius 2 is 1.68 bits per heavy atom. The molecule has 1 aliphatic rings. The Bertz CT molecular complexity index is 537. The second kappa shape index (κ2) is 6.82. The van der Waals surface area contributed by atoms with Gasteiger partial charge >= 0.3 is 0 Å². The molecule has 1 aliphatic heterocycles. The Labute approximate surface area is 137 Å². The molecule has 0 unspecified atom stereocenters. The molecule has 1 aromatic rings. The van der Waals surface area contributed by atoms with Crippen molar-refractivity contribution >= 4 is 23.3 Å². The highest BCUT2D eigenvalue weighted by molar-refractivity contribution is 6.30. The Kier molecular flexibility index (Phi) is 5.28. The van der Waals surface area contributed by atoms with Gasteiger partial charge in [-0.25, -0.2) is 0 Å². The normalized spacial score (nSPS) is 16.6. The summed E-state index contributed by atoms with van der Waals surface area (Å²) in [5.74, 6) is 0.379. The molecule has 1 fully saturated rings. The summed E-state index contributed by atoms with van der Waals surface area (Å²) in [6, 6.07) is 7.05. The van der Waals surface area contributed by atoms with Crippen LogP contribution in [-0.2, 0) is 4.79 Å². The van der Waals surface area contributed by atoms with Crippen LogP contribution in [-0.4, -0.2) is 29.7 Å². The molecule has 1 amide bonds. The minimum atomic E-state index is 0.00700. The third-order valence-corrected chi connectivity index (χ3v) is 4.28. The van der Waals surface area contributed by atoms with Crippen LogP contribution in [0.25, 0.3) is 0 Å². The minimum absolute atomic E-state index is 0.00700. The number of halogens is 1. The average Bonchev–Trinajstić information content (AvgIpc) is 2.46. The first-order valence-corrected chi connectivity index (χ1v) is 8.21. The molecule has 4 heteroatoms. The zero-order chi connectivity index (χ0) is 16.3. The predicted octanol–water partition coefficient (Wildman–Crippen LogP) is 4.20. The Morgan fingerprint density at radius 3 is 2.18 bits per heavy atom. The smallest absolute Gasteiger partial charge is 0.223 e. The van der Waals surface area contributed by atoms with Crippen molar-refractivity contribution in [3.63, 3.8) is 0 Å². The molecule has 0 aromatic heterocycles. The van der Waals surface area contributed by atoms with Gasteiger partial charge in [-0.1, -0.05) is 32.4 Å². The van der Waals surface area contributed by atoms with E-state index in [-0.39, 0.29) is 23.0 Å². The maximum Gasteiger partial charge on any atom is 0.223 e. The summed E-state index contributed by atoms with van der Waals surface area (Å²) in [6.45, 7) is 7.57. The van der Waals surface area contributed by atoms with Gasteiger partial charge in [0.05, 0.1) is 0 Å². The number of nitrogens with zero attached hydrogens (tertiary/aromatic N) is 1. The van der Waals surface area contributed by atoms with Gasteiger partial charge in [0.25, 0.3) is 0 Å². The number of hydrogen-bond acceptors (Lipinski definition) is 2. The lowest BCUT2D eigenvalue weighted by Gasteiger charge is -2.33. The predicted molar refractivity (Wildman–Crippen MR) is 89.2 cm³/mol. The van der Waals surface area contributed by atoms with Gasteiger partial charge in [-0.2, -0.15) is 0 Å². The van der Waals surface area contributed by atoms with Gasteiger partial charge in [-0.05, 0) is 42.5 Å². The van der Waals surface area contributed by atoms with Crippen LogP contribution in [0.4, 0.5) is 0 Å². The largest absolute Gasteiger partial charge is 0.343 e. The zero-order valence-electron chi connectivity index (χ0n) is 13.6. The molecule has 2 rings (SSSR count). The summed E-state index contributed by atoms with van der Waals surface area (Å²) in [5, 5.41) is 0.638. The molecule has 0 radical (unpaired) electrons. The molecular weight excluding hydrogens is 298 g/mol. The van der Waals surface area contributed by atoms with Gasteiger partial charge in [0.1, 0.15) is 0 Å². The number of rotatable bonds is 3. The summed E-state index contributed by atoms with van der Waals surface area (Å²) in [5.41, 5.74) is 0.719. The van der Waals surface area contributed by atoms with Crippen LogP contribution < -0.4 is 0 Å². The van der Waals surface area contributed by atoms with Crippen molar-refractivity contribution in [2.24, 2.45) is 11.3 Å². The van der Waals surface area contributed by atoms with Gasteiger partial charge in [0.2, 0.25) is 5.91 Å². The van der Waals surface area contributed by atoms with E-state index in [1.807, 2.05) is 4.90 Å². The molecule has 0 atom stereocenters. The highest BCUT2D eigenvalue weighted by Gasteiger charge is 2.29. The van der Waals surface area contributed by atoms with Crippen molar-refractivity contribution in [2.75, 3.05) is 13.1 Å². The SMILES string of the molecule is CC(C)(C)CC(=O)N1CCC(C(=O)c2ccc(Cl)cc2)CC1. The number of ketones is 1. The number of carbonyl (C=O) groups excluding carboxylic acids is 2. The summed E-state index contributed by atoms with van der Waals surface area (Å²) in [4.78, 5) is 26.6. The Hall–Kier alpha value is -1.35.